The minimum absolute atomic E-state index is 0.108. The van der Waals surface area contributed by atoms with Gasteiger partial charge in [-0.15, -0.1) is 0 Å². The highest BCUT2D eigenvalue weighted by Gasteiger charge is 2.63. The Balaban J connectivity index is 1.53. The Labute approximate surface area is 152 Å². The molecule has 1 spiro atoms. The molecule has 0 radical (unpaired) electrons. The zero-order valence-electron chi connectivity index (χ0n) is 14.4. The topological polar surface area (TPSA) is 91.6 Å². The number of anilines is 1. The smallest absolute Gasteiger partial charge is 0.321 e. The number of hydrogen-bond acceptors (Lipinski definition) is 5. The minimum atomic E-state index is -2.76. The van der Waals surface area contributed by atoms with Gasteiger partial charge in [0.05, 0.1) is 23.8 Å². The van der Waals surface area contributed by atoms with Crippen molar-refractivity contribution in [3.8, 4) is 0 Å². The molecule has 1 unspecified atom stereocenters. The van der Waals surface area contributed by atoms with E-state index >= 15 is 0 Å². The van der Waals surface area contributed by atoms with E-state index in [-0.39, 0.29) is 13.1 Å². The van der Waals surface area contributed by atoms with E-state index in [4.69, 9.17) is 0 Å². The summed E-state index contributed by atoms with van der Waals surface area (Å²) in [4.78, 5) is 29.4. The zero-order chi connectivity index (χ0) is 18.8. The van der Waals surface area contributed by atoms with E-state index in [1.54, 1.807) is 23.4 Å². The van der Waals surface area contributed by atoms with Gasteiger partial charge in [0.15, 0.2) is 5.65 Å². The van der Waals surface area contributed by atoms with Crippen LogP contribution in [0.5, 0.6) is 0 Å². The van der Waals surface area contributed by atoms with Gasteiger partial charge in [0.2, 0.25) is 5.91 Å². The lowest BCUT2D eigenvalue weighted by atomic mass is 9.89. The fourth-order valence-electron chi connectivity index (χ4n) is 4.08. The Morgan fingerprint density at radius 1 is 1.22 bits per heavy atom. The van der Waals surface area contributed by atoms with E-state index in [0.717, 1.165) is 0 Å². The summed E-state index contributed by atoms with van der Waals surface area (Å²) in [6.07, 6.45) is 4.76. The fourth-order valence-corrected chi connectivity index (χ4v) is 4.08. The Morgan fingerprint density at radius 2 is 2.04 bits per heavy atom. The van der Waals surface area contributed by atoms with Crippen LogP contribution in [0.1, 0.15) is 30.9 Å². The second kappa shape index (κ2) is 5.37. The number of nitrogens with one attached hydrogen (secondary N) is 2. The summed E-state index contributed by atoms with van der Waals surface area (Å²) in [6, 6.07) is 1.09. The van der Waals surface area contributed by atoms with Gasteiger partial charge in [0, 0.05) is 30.9 Å². The van der Waals surface area contributed by atoms with E-state index < -0.39 is 29.2 Å². The van der Waals surface area contributed by atoms with E-state index in [1.807, 2.05) is 0 Å². The molecule has 1 saturated carbocycles. The maximum Gasteiger partial charge on any atom is 0.321 e. The van der Waals surface area contributed by atoms with Gasteiger partial charge in [0.25, 0.3) is 5.92 Å². The normalized spacial score (nSPS) is 26.1. The van der Waals surface area contributed by atoms with Crippen molar-refractivity contribution in [3.05, 3.63) is 24.2 Å². The maximum absolute atomic E-state index is 14.7. The lowest BCUT2D eigenvalue weighted by molar-refractivity contribution is -0.122. The molecule has 3 fully saturated rings. The van der Waals surface area contributed by atoms with Crippen LogP contribution in [0.25, 0.3) is 5.65 Å². The number of piperidine rings is 1. The molecular formula is C17H18F2N6O2. The number of imidazole rings is 1. The molecule has 0 aromatic carbocycles. The minimum Gasteiger partial charge on any atom is -0.362 e. The first-order valence-corrected chi connectivity index (χ1v) is 8.94. The van der Waals surface area contributed by atoms with Crippen molar-refractivity contribution in [3.63, 3.8) is 0 Å². The number of amides is 3. The molecule has 3 amide bonds. The third-order valence-electron chi connectivity index (χ3n) is 5.96. The molecule has 2 aromatic rings. The van der Waals surface area contributed by atoms with Crippen molar-refractivity contribution < 1.29 is 18.4 Å². The summed E-state index contributed by atoms with van der Waals surface area (Å²) in [5.41, 5.74) is 0.577. The number of imide groups is 1. The molecule has 10 heteroatoms. The molecule has 8 nitrogen and oxygen atoms in total. The third-order valence-corrected chi connectivity index (χ3v) is 5.96. The summed E-state index contributed by atoms with van der Waals surface area (Å²) in [5, 5.41) is 9.17. The monoisotopic (exact) mass is 376 g/mol. The van der Waals surface area contributed by atoms with Gasteiger partial charge in [-0.25, -0.2) is 23.1 Å². The number of carbonyl (C=O) groups is 2. The molecule has 0 bridgehead atoms. The molecular weight excluding hydrogens is 358 g/mol. The second-order valence-electron chi connectivity index (χ2n) is 7.56. The molecule has 3 aliphatic rings. The molecule has 4 heterocycles. The lowest BCUT2D eigenvalue weighted by Crippen LogP contribution is -2.51. The van der Waals surface area contributed by atoms with Gasteiger partial charge < -0.3 is 10.2 Å². The number of alkyl halides is 2. The van der Waals surface area contributed by atoms with Gasteiger partial charge in [-0.05, 0) is 25.3 Å². The molecule has 27 heavy (non-hydrogen) atoms. The van der Waals surface area contributed by atoms with Gasteiger partial charge in [0.1, 0.15) is 0 Å². The van der Waals surface area contributed by atoms with Crippen molar-refractivity contribution in [2.24, 2.45) is 5.41 Å². The maximum atomic E-state index is 14.7. The summed E-state index contributed by atoms with van der Waals surface area (Å²) in [5.74, 6) is -3.90. The van der Waals surface area contributed by atoms with Gasteiger partial charge in [-0.2, -0.15) is 5.10 Å². The first kappa shape index (κ1) is 16.4. The summed E-state index contributed by atoms with van der Waals surface area (Å²) < 4.78 is 30.8. The average Bonchev–Trinajstić information content (AvgIpc) is 3.26. The van der Waals surface area contributed by atoms with Crippen LogP contribution in [-0.4, -0.2) is 52.1 Å². The lowest BCUT2D eigenvalue weighted by Gasteiger charge is -2.40. The molecule has 1 atom stereocenters. The average molecular weight is 376 g/mol. The van der Waals surface area contributed by atoms with E-state index in [2.05, 4.69) is 20.7 Å². The predicted molar refractivity (Wildman–Crippen MR) is 90.7 cm³/mol. The number of nitrogens with zero attached hydrogens (tertiary/aromatic N) is 4. The van der Waals surface area contributed by atoms with Crippen LogP contribution in [0.3, 0.4) is 0 Å². The van der Waals surface area contributed by atoms with Crippen molar-refractivity contribution >= 4 is 23.3 Å². The quantitative estimate of drug-likeness (QED) is 0.824. The molecule has 2 saturated heterocycles. The van der Waals surface area contributed by atoms with Gasteiger partial charge >= 0.3 is 6.03 Å². The Morgan fingerprint density at radius 3 is 2.74 bits per heavy atom. The second-order valence-corrected chi connectivity index (χ2v) is 7.56. The van der Waals surface area contributed by atoms with Crippen LogP contribution >= 0.6 is 0 Å². The van der Waals surface area contributed by atoms with Gasteiger partial charge in [-0.3, -0.25) is 10.1 Å². The number of urea groups is 1. The summed E-state index contributed by atoms with van der Waals surface area (Å²) in [7, 11) is 0. The van der Waals surface area contributed by atoms with E-state index in [9.17, 15) is 18.4 Å². The third kappa shape index (κ3) is 2.46. The van der Waals surface area contributed by atoms with Crippen LogP contribution in [0, 0.1) is 5.41 Å². The zero-order valence-corrected chi connectivity index (χ0v) is 14.4. The van der Waals surface area contributed by atoms with Crippen LogP contribution in [0.2, 0.25) is 0 Å². The highest BCUT2D eigenvalue weighted by atomic mass is 19.3. The number of halogens is 2. The Kier molecular flexibility index (Phi) is 3.26. The first-order chi connectivity index (χ1) is 12.9. The fraction of sp³-hybridized carbons (Fsp3) is 0.529. The summed E-state index contributed by atoms with van der Waals surface area (Å²) >= 11 is 0. The highest BCUT2D eigenvalue weighted by molar-refractivity contribution is 6.00. The molecule has 2 aromatic heterocycles. The molecule has 1 aliphatic carbocycles. The van der Waals surface area contributed by atoms with Gasteiger partial charge in [-0.1, -0.05) is 0 Å². The van der Waals surface area contributed by atoms with Crippen molar-refractivity contribution in [2.75, 3.05) is 24.5 Å². The van der Waals surface area contributed by atoms with Crippen LogP contribution in [0.4, 0.5) is 19.3 Å². The SMILES string of the molecule is O=C1NCC(c2cc(N3CCC4(CC4)C(F)(F)C3)c3nccn3n2)C(=O)N1. The largest absolute Gasteiger partial charge is 0.362 e. The number of carbonyl (C=O) groups excluding carboxylic acids is 2. The van der Waals surface area contributed by atoms with Crippen LogP contribution < -0.4 is 15.5 Å². The summed E-state index contributed by atoms with van der Waals surface area (Å²) in [6.45, 7) is 0.248. The molecule has 2 aliphatic heterocycles. The Hall–Kier alpha value is -2.78. The number of hydrogen-bond donors (Lipinski definition) is 2. The van der Waals surface area contributed by atoms with Crippen molar-refractivity contribution in [2.45, 2.75) is 31.1 Å². The molecule has 2 N–H and O–H groups in total. The molecule has 142 valence electrons. The van der Waals surface area contributed by atoms with E-state index in [0.29, 0.717) is 42.8 Å². The van der Waals surface area contributed by atoms with Crippen molar-refractivity contribution in [1.29, 1.82) is 0 Å². The van der Waals surface area contributed by atoms with E-state index in [1.165, 1.54) is 4.52 Å². The van der Waals surface area contributed by atoms with Crippen molar-refractivity contribution in [1.82, 2.24) is 25.2 Å². The number of fused-ring (bicyclic) bond motifs is 1. The van der Waals surface area contributed by atoms with Crippen LogP contribution in [-0.2, 0) is 4.79 Å². The standard InChI is InChI=1S/C17H18F2N6O2/c18-17(19)9-24(5-3-16(17)1-2-16)12-7-11(23-25-6-4-20-13(12)25)10-8-21-15(27)22-14(10)26/h4,6-7,10H,1-3,5,8-9H2,(H2,21,22,26,27). The first-order valence-electron chi connectivity index (χ1n) is 8.94. The predicted octanol–water partition coefficient (Wildman–Crippen LogP) is 1.28. The number of rotatable bonds is 2. The van der Waals surface area contributed by atoms with Crippen LogP contribution in [0.15, 0.2) is 18.5 Å². The number of aromatic nitrogens is 3. The highest BCUT2D eigenvalue weighted by Crippen LogP contribution is 2.61. The Bertz CT molecular complexity index is 954. The molecule has 5 rings (SSSR count).